The predicted octanol–water partition coefficient (Wildman–Crippen LogP) is 6.10. The smallest absolute Gasteiger partial charge is 0.264 e. The van der Waals surface area contributed by atoms with Gasteiger partial charge >= 0.3 is 0 Å². The van der Waals surface area contributed by atoms with E-state index in [2.05, 4.69) is 5.32 Å². The van der Waals surface area contributed by atoms with Gasteiger partial charge in [0.05, 0.1) is 17.2 Å². The van der Waals surface area contributed by atoms with Crippen molar-refractivity contribution in [1.29, 1.82) is 0 Å². The molecular formula is C27H31ClN2O4S3. The van der Waals surface area contributed by atoms with Crippen LogP contribution in [0.2, 0.25) is 5.02 Å². The Morgan fingerprint density at radius 1 is 1.03 bits per heavy atom. The average Bonchev–Trinajstić information content (AvgIpc) is 2.91. The van der Waals surface area contributed by atoms with Gasteiger partial charge < -0.3 is 10.1 Å². The maximum atomic E-state index is 13.5. The third kappa shape index (κ3) is 8.60. The molecule has 0 atom stereocenters. The van der Waals surface area contributed by atoms with Crippen molar-refractivity contribution in [3.63, 3.8) is 0 Å². The maximum absolute atomic E-state index is 13.5. The van der Waals surface area contributed by atoms with Crippen molar-refractivity contribution in [3.05, 3.63) is 83.4 Å². The number of carbonyl (C=O) groups excluding carboxylic acids is 1. The zero-order valence-electron chi connectivity index (χ0n) is 20.9. The van der Waals surface area contributed by atoms with Gasteiger partial charge in [-0.15, -0.1) is 11.8 Å². The minimum Gasteiger partial charge on any atom is -0.494 e. The molecule has 3 aromatic carbocycles. The van der Waals surface area contributed by atoms with Gasteiger partial charge in [0.1, 0.15) is 12.3 Å². The van der Waals surface area contributed by atoms with Crippen LogP contribution in [0.25, 0.3) is 0 Å². The molecule has 0 aliphatic carbocycles. The first-order valence-corrected chi connectivity index (χ1v) is 16.0. The first kappa shape index (κ1) is 29.2. The Hall–Kier alpha value is -2.33. The number of anilines is 1. The average molecular weight is 579 g/mol. The lowest BCUT2D eigenvalue weighted by Crippen LogP contribution is -2.41. The van der Waals surface area contributed by atoms with Crippen LogP contribution in [0.4, 0.5) is 5.69 Å². The minimum atomic E-state index is -3.97. The Morgan fingerprint density at radius 2 is 1.73 bits per heavy atom. The maximum Gasteiger partial charge on any atom is 0.264 e. The highest BCUT2D eigenvalue weighted by atomic mass is 35.5. The second kappa shape index (κ2) is 14.6. The van der Waals surface area contributed by atoms with E-state index in [0.29, 0.717) is 24.6 Å². The van der Waals surface area contributed by atoms with Gasteiger partial charge in [-0.25, -0.2) is 8.42 Å². The minimum absolute atomic E-state index is 0.128. The first-order valence-electron chi connectivity index (χ1n) is 11.8. The quantitative estimate of drug-likeness (QED) is 0.184. The molecule has 0 saturated heterocycles. The molecule has 10 heteroatoms. The molecule has 3 aromatic rings. The molecule has 1 N–H and O–H groups in total. The summed E-state index contributed by atoms with van der Waals surface area (Å²) in [6.45, 7) is 2.51. The molecule has 0 aliphatic heterocycles. The Labute approximate surface area is 233 Å². The highest BCUT2D eigenvalue weighted by Gasteiger charge is 2.27. The standard InChI is InChI=1S/C27H31ClN2O4S3/c1-3-34-23-11-9-22(10-12-23)30(37(32,33)25-15-13-24(35-2)14-16-25)19-27(31)29-17-6-18-36-20-21-7-4-5-8-26(21)28/h4-5,7-16H,3,6,17-20H2,1-2H3,(H,29,31). The number of nitrogens with zero attached hydrogens (tertiary/aromatic N) is 1. The Bertz CT molecular complexity index is 1250. The Balaban J connectivity index is 1.63. The number of hydrogen-bond acceptors (Lipinski definition) is 6. The van der Waals surface area contributed by atoms with Crippen LogP contribution in [0.5, 0.6) is 5.75 Å². The van der Waals surface area contributed by atoms with Gasteiger partial charge in [0.2, 0.25) is 5.91 Å². The third-order valence-corrected chi connectivity index (χ3v) is 9.37. The van der Waals surface area contributed by atoms with Gasteiger partial charge in [0, 0.05) is 22.2 Å². The van der Waals surface area contributed by atoms with Gasteiger partial charge in [-0.2, -0.15) is 11.8 Å². The highest BCUT2D eigenvalue weighted by Crippen LogP contribution is 2.27. The fourth-order valence-corrected chi connectivity index (χ4v) is 6.53. The van der Waals surface area contributed by atoms with Crippen molar-refractivity contribution in [2.24, 2.45) is 0 Å². The number of nitrogens with one attached hydrogen (secondary N) is 1. The number of thioether (sulfide) groups is 2. The molecule has 37 heavy (non-hydrogen) atoms. The zero-order chi connectivity index (χ0) is 26.7. The van der Waals surface area contributed by atoms with Crippen LogP contribution >= 0.6 is 35.1 Å². The number of amides is 1. The first-order chi connectivity index (χ1) is 17.8. The van der Waals surface area contributed by atoms with E-state index in [1.165, 1.54) is 11.8 Å². The normalized spacial score (nSPS) is 11.2. The molecule has 3 rings (SSSR count). The number of hydrogen-bond donors (Lipinski definition) is 1. The molecule has 6 nitrogen and oxygen atoms in total. The summed E-state index contributed by atoms with van der Waals surface area (Å²) in [5, 5.41) is 3.61. The van der Waals surface area contributed by atoms with E-state index in [1.54, 1.807) is 60.3 Å². The van der Waals surface area contributed by atoms with Crippen molar-refractivity contribution in [1.82, 2.24) is 5.32 Å². The molecule has 0 heterocycles. The molecular weight excluding hydrogens is 548 g/mol. The lowest BCUT2D eigenvalue weighted by molar-refractivity contribution is -0.119. The monoisotopic (exact) mass is 578 g/mol. The third-order valence-electron chi connectivity index (χ3n) is 5.37. The van der Waals surface area contributed by atoms with Crippen LogP contribution in [-0.4, -0.2) is 46.0 Å². The summed E-state index contributed by atoms with van der Waals surface area (Å²) in [4.78, 5) is 13.9. The van der Waals surface area contributed by atoms with E-state index >= 15 is 0 Å². The number of ether oxygens (including phenoxy) is 1. The van der Waals surface area contributed by atoms with Crippen molar-refractivity contribution in [2.45, 2.75) is 28.9 Å². The molecule has 0 spiro atoms. The number of benzene rings is 3. The molecule has 1 amide bonds. The SMILES string of the molecule is CCOc1ccc(N(CC(=O)NCCCSCc2ccccc2Cl)S(=O)(=O)c2ccc(SC)cc2)cc1. The molecule has 0 radical (unpaired) electrons. The molecule has 0 unspecified atom stereocenters. The van der Waals surface area contributed by atoms with Gasteiger partial charge in [0.25, 0.3) is 10.0 Å². The van der Waals surface area contributed by atoms with E-state index in [9.17, 15) is 13.2 Å². The van der Waals surface area contributed by atoms with Crippen molar-refractivity contribution < 1.29 is 17.9 Å². The highest BCUT2D eigenvalue weighted by molar-refractivity contribution is 7.98. The number of carbonyl (C=O) groups is 1. The van der Waals surface area contributed by atoms with Crippen molar-refractivity contribution in [2.75, 3.05) is 36.0 Å². The molecule has 0 aliphatic rings. The molecule has 0 fully saturated rings. The molecule has 198 valence electrons. The summed E-state index contributed by atoms with van der Waals surface area (Å²) >= 11 is 9.46. The van der Waals surface area contributed by atoms with E-state index in [4.69, 9.17) is 16.3 Å². The summed E-state index contributed by atoms with van der Waals surface area (Å²) in [5.74, 6) is 1.90. The van der Waals surface area contributed by atoms with Gasteiger partial charge in [-0.05, 0) is 85.5 Å². The van der Waals surface area contributed by atoms with Gasteiger partial charge in [0.15, 0.2) is 0 Å². The fraction of sp³-hybridized carbons (Fsp3) is 0.296. The summed E-state index contributed by atoms with van der Waals surface area (Å²) in [7, 11) is -3.97. The summed E-state index contributed by atoms with van der Waals surface area (Å²) in [6, 6.07) is 21.1. The lowest BCUT2D eigenvalue weighted by Gasteiger charge is -2.24. The summed E-state index contributed by atoms with van der Waals surface area (Å²) in [6.07, 6.45) is 2.68. The fourth-order valence-electron chi connectivity index (χ4n) is 3.45. The van der Waals surface area contributed by atoms with Crippen molar-refractivity contribution in [3.8, 4) is 5.75 Å². The van der Waals surface area contributed by atoms with Crippen LogP contribution < -0.4 is 14.4 Å². The summed E-state index contributed by atoms with van der Waals surface area (Å²) in [5.41, 5.74) is 1.47. The number of rotatable bonds is 14. The van der Waals surface area contributed by atoms with Crippen molar-refractivity contribution >= 4 is 56.7 Å². The van der Waals surface area contributed by atoms with E-state index in [0.717, 1.165) is 37.7 Å². The van der Waals surface area contributed by atoms with Crippen LogP contribution in [0.3, 0.4) is 0 Å². The van der Waals surface area contributed by atoms with E-state index in [-0.39, 0.29) is 17.3 Å². The second-order valence-electron chi connectivity index (χ2n) is 7.96. The molecule has 0 aromatic heterocycles. The molecule has 0 saturated carbocycles. The second-order valence-corrected chi connectivity index (χ2v) is 12.2. The van der Waals surface area contributed by atoms with Gasteiger partial charge in [-0.1, -0.05) is 29.8 Å². The zero-order valence-corrected chi connectivity index (χ0v) is 24.1. The molecule has 0 bridgehead atoms. The predicted molar refractivity (Wildman–Crippen MR) is 156 cm³/mol. The summed E-state index contributed by atoms with van der Waals surface area (Å²) < 4.78 is 33.7. The Kier molecular flexibility index (Phi) is 11.5. The Morgan fingerprint density at radius 3 is 2.38 bits per heavy atom. The number of halogens is 1. The van der Waals surface area contributed by atoms with E-state index < -0.39 is 10.0 Å². The largest absolute Gasteiger partial charge is 0.494 e. The van der Waals surface area contributed by atoms with Crippen LogP contribution in [-0.2, 0) is 20.6 Å². The van der Waals surface area contributed by atoms with Crippen LogP contribution in [0.15, 0.2) is 82.6 Å². The topological polar surface area (TPSA) is 75.7 Å². The van der Waals surface area contributed by atoms with Crippen LogP contribution in [0.1, 0.15) is 18.9 Å². The number of sulfonamides is 1. The van der Waals surface area contributed by atoms with E-state index in [1.807, 2.05) is 37.4 Å². The van der Waals surface area contributed by atoms with Gasteiger partial charge in [-0.3, -0.25) is 9.10 Å². The lowest BCUT2D eigenvalue weighted by atomic mass is 10.2. The van der Waals surface area contributed by atoms with Crippen LogP contribution in [0, 0.1) is 0 Å².